The summed E-state index contributed by atoms with van der Waals surface area (Å²) in [7, 11) is 1.59. The van der Waals surface area contributed by atoms with Crippen LogP contribution in [0.1, 0.15) is 17.3 Å². The molecule has 0 radical (unpaired) electrons. The van der Waals surface area contributed by atoms with E-state index in [0.717, 1.165) is 22.2 Å². The van der Waals surface area contributed by atoms with Gasteiger partial charge in [0, 0.05) is 28.6 Å². The highest BCUT2D eigenvalue weighted by molar-refractivity contribution is 6.27. The van der Waals surface area contributed by atoms with Crippen molar-refractivity contribution >= 4 is 39.8 Å². The van der Waals surface area contributed by atoms with Gasteiger partial charge >= 0.3 is 6.03 Å². The number of amides is 3. The van der Waals surface area contributed by atoms with Gasteiger partial charge in [0.15, 0.2) is 0 Å². The van der Waals surface area contributed by atoms with E-state index < -0.39 is 0 Å². The Morgan fingerprint density at radius 3 is 2.52 bits per heavy atom. The Labute approximate surface area is 156 Å². The van der Waals surface area contributed by atoms with Crippen molar-refractivity contribution in [1.82, 2.24) is 0 Å². The van der Waals surface area contributed by atoms with Gasteiger partial charge in [-0.15, -0.1) is 0 Å². The number of rotatable bonds is 4. The number of ether oxygens (including phenoxy) is 1. The third-order valence-corrected chi connectivity index (χ3v) is 4.70. The van der Waals surface area contributed by atoms with Crippen molar-refractivity contribution in [2.75, 3.05) is 29.2 Å². The van der Waals surface area contributed by atoms with E-state index in [1.165, 1.54) is 0 Å². The average molecular weight is 361 g/mol. The largest absolute Gasteiger partial charge is 0.497 e. The average Bonchev–Trinajstić information content (AvgIpc) is 2.97. The second kappa shape index (κ2) is 6.64. The van der Waals surface area contributed by atoms with E-state index in [1.807, 2.05) is 37.3 Å². The Hall–Kier alpha value is -3.54. The Morgan fingerprint density at radius 2 is 1.81 bits per heavy atom. The summed E-state index contributed by atoms with van der Waals surface area (Å²) >= 11 is 0. The van der Waals surface area contributed by atoms with Gasteiger partial charge in [-0.3, -0.25) is 4.79 Å². The van der Waals surface area contributed by atoms with Crippen molar-refractivity contribution in [2.45, 2.75) is 6.92 Å². The number of benzene rings is 3. The topological polar surface area (TPSA) is 70.7 Å². The third kappa shape index (κ3) is 2.85. The highest BCUT2D eigenvalue weighted by atomic mass is 16.5. The first-order valence-electron chi connectivity index (χ1n) is 8.72. The summed E-state index contributed by atoms with van der Waals surface area (Å²) in [4.78, 5) is 26.7. The van der Waals surface area contributed by atoms with Crippen LogP contribution in [-0.2, 0) is 0 Å². The van der Waals surface area contributed by atoms with Gasteiger partial charge in [0.05, 0.1) is 18.5 Å². The maximum absolute atomic E-state index is 12.6. The standard InChI is InChI=1S/C21H19N3O3/c1-3-24-18-12-11-17(15-5-4-6-16(19(15)18)20(24)25)23-21(26)22-13-7-9-14(27-2)10-8-13/h4-12H,3H2,1-2H3,(H2,22,23,26). The molecule has 3 aromatic rings. The minimum absolute atomic E-state index is 0.00191. The highest BCUT2D eigenvalue weighted by Crippen LogP contribution is 2.40. The van der Waals surface area contributed by atoms with Gasteiger partial charge in [0.25, 0.3) is 5.91 Å². The van der Waals surface area contributed by atoms with Crippen molar-refractivity contribution < 1.29 is 14.3 Å². The zero-order valence-corrected chi connectivity index (χ0v) is 15.1. The molecule has 0 aromatic heterocycles. The lowest BCUT2D eigenvalue weighted by Gasteiger charge is -2.15. The Bertz CT molecular complexity index is 1040. The van der Waals surface area contributed by atoms with Crippen molar-refractivity contribution in [3.05, 3.63) is 60.2 Å². The Morgan fingerprint density at radius 1 is 1.04 bits per heavy atom. The second-order valence-electron chi connectivity index (χ2n) is 6.22. The molecule has 0 aliphatic carbocycles. The Balaban J connectivity index is 1.62. The summed E-state index contributed by atoms with van der Waals surface area (Å²) in [5.41, 5.74) is 2.87. The van der Waals surface area contributed by atoms with Gasteiger partial charge in [0.1, 0.15) is 5.75 Å². The molecule has 2 N–H and O–H groups in total. The van der Waals surface area contributed by atoms with E-state index >= 15 is 0 Å². The molecular formula is C21H19N3O3. The second-order valence-corrected chi connectivity index (χ2v) is 6.22. The number of nitrogens with one attached hydrogen (secondary N) is 2. The van der Waals surface area contributed by atoms with Crippen LogP contribution in [0.15, 0.2) is 54.6 Å². The van der Waals surface area contributed by atoms with Crippen molar-refractivity contribution in [1.29, 1.82) is 0 Å². The molecule has 4 rings (SSSR count). The third-order valence-electron chi connectivity index (χ3n) is 4.70. The van der Waals surface area contributed by atoms with Gasteiger partial charge in [-0.2, -0.15) is 0 Å². The van der Waals surface area contributed by atoms with Crippen molar-refractivity contribution in [3.63, 3.8) is 0 Å². The van der Waals surface area contributed by atoms with Crippen molar-refractivity contribution in [2.24, 2.45) is 0 Å². The molecule has 136 valence electrons. The van der Waals surface area contributed by atoms with Crippen LogP contribution in [0.4, 0.5) is 21.9 Å². The SMILES string of the molecule is CCN1C(=O)c2cccc3c(NC(=O)Nc4ccc(OC)cc4)ccc1c23. The molecule has 1 aliphatic rings. The molecule has 0 spiro atoms. The fourth-order valence-electron chi connectivity index (χ4n) is 3.43. The van der Waals surface area contributed by atoms with Crippen molar-refractivity contribution in [3.8, 4) is 5.75 Å². The summed E-state index contributed by atoms with van der Waals surface area (Å²) in [5.74, 6) is 0.719. The number of nitrogens with zero attached hydrogens (tertiary/aromatic N) is 1. The summed E-state index contributed by atoms with van der Waals surface area (Å²) in [5, 5.41) is 7.41. The van der Waals surface area contributed by atoms with Crippen LogP contribution in [0.3, 0.4) is 0 Å². The molecule has 6 heteroatoms. The summed E-state index contributed by atoms with van der Waals surface area (Å²) in [6.45, 7) is 2.55. The molecule has 0 saturated carbocycles. The fourth-order valence-corrected chi connectivity index (χ4v) is 3.43. The molecular weight excluding hydrogens is 342 g/mol. The lowest BCUT2D eigenvalue weighted by molar-refractivity contribution is 0.0994. The smallest absolute Gasteiger partial charge is 0.323 e. The summed E-state index contributed by atoms with van der Waals surface area (Å²) in [6.07, 6.45) is 0. The first kappa shape index (κ1) is 16.9. The zero-order valence-electron chi connectivity index (χ0n) is 15.1. The van der Waals surface area contributed by atoms with E-state index in [2.05, 4.69) is 10.6 Å². The molecule has 3 amide bonds. The van der Waals surface area contributed by atoms with Crippen LogP contribution in [0.2, 0.25) is 0 Å². The van der Waals surface area contributed by atoms with Gasteiger partial charge in [0.2, 0.25) is 0 Å². The van der Waals surface area contributed by atoms with E-state index in [9.17, 15) is 9.59 Å². The number of anilines is 3. The van der Waals surface area contributed by atoms with Gasteiger partial charge in [-0.25, -0.2) is 4.79 Å². The first-order valence-corrected chi connectivity index (χ1v) is 8.72. The van der Waals surface area contributed by atoms with Gasteiger partial charge in [-0.05, 0) is 49.4 Å². The maximum Gasteiger partial charge on any atom is 0.323 e. The predicted octanol–water partition coefficient (Wildman–Crippen LogP) is 4.47. The molecule has 0 atom stereocenters. The molecule has 0 unspecified atom stereocenters. The van der Waals surface area contributed by atoms with E-state index in [1.54, 1.807) is 36.3 Å². The van der Waals surface area contributed by atoms with E-state index in [-0.39, 0.29) is 11.9 Å². The lowest BCUT2D eigenvalue weighted by atomic mass is 10.0. The van der Waals surface area contributed by atoms with Crippen LogP contribution in [0.25, 0.3) is 10.8 Å². The monoisotopic (exact) mass is 361 g/mol. The minimum Gasteiger partial charge on any atom is -0.497 e. The lowest BCUT2D eigenvalue weighted by Crippen LogP contribution is -2.25. The Kier molecular flexibility index (Phi) is 4.16. The van der Waals surface area contributed by atoms with Crippen LogP contribution in [-0.4, -0.2) is 25.6 Å². The number of carbonyl (C=O) groups excluding carboxylic acids is 2. The normalized spacial score (nSPS) is 12.4. The van der Waals surface area contributed by atoms with Crippen LogP contribution in [0, 0.1) is 0 Å². The fraction of sp³-hybridized carbons (Fsp3) is 0.143. The van der Waals surface area contributed by atoms with Crippen LogP contribution < -0.4 is 20.3 Å². The molecule has 1 aliphatic heterocycles. The number of methoxy groups -OCH3 is 1. The predicted molar refractivity (Wildman–Crippen MR) is 107 cm³/mol. The number of carbonyl (C=O) groups is 2. The first-order chi connectivity index (χ1) is 13.1. The van der Waals surface area contributed by atoms with Crippen LogP contribution >= 0.6 is 0 Å². The summed E-state index contributed by atoms with van der Waals surface area (Å²) in [6, 6.07) is 16.0. The molecule has 27 heavy (non-hydrogen) atoms. The molecule has 6 nitrogen and oxygen atoms in total. The quantitative estimate of drug-likeness (QED) is 0.720. The minimum atomic E-state index is -0.349. The molecule has 0 fully saturated rings. The van der Waals surface area contributed by atoms with E-state index in [0.29, 0.717) is 23.5 Å². The number of hydrogen-bond donors (Lipinski definition) is 2. The molecule has 0 saturated heterocycles. The summed E-state index contributed by atoms with van der Waals surface area (Å²) < 4.78 is 5.11. The van der Waals surface area contributed by atoms with Crippen LogP contribution in [0.5, 0.6) is 5.75 Å². The highest BCUT2D eigenvalue weighted by Gasteiger charge is 2.29. The van der Waals surface area contributed by atoms with E-state index in [4.69, 9.17) is 4.74 Å². The number of urea groups is 1. The zero-order chi connectivity index (χ0) is 19.0. The van der Waals surface area contributed by atoms with Gasteiger partial charge in [-0.1, -0.05) is 12.1 Å². The maximum atomic E-state index is 12.6. The number of hydrogen-bond acceptors (Lipinski definition) is 3. The van der Waals surface area contributed by atoms with Gasteiger partial charge < -0.3 is 20.3 Å². The molecule has 3 aromatic carbocycles. The molecule has 0 bridgehead atoms. The molecule has 1 heterocycles.